The van der Waals surface area contributed by atoms with Gasteiger partial charge in [-0.2, -0.15) is 0 Å². The molecule has 0 unspecified atom stereocenters. The molecule has 4 nitrogen and oxygen atoms in total. The van der Waals surface area contributed by atoms with E-state index in [1.165, 1.54) is 0 Å². The van der Waals surface area contributed by atoms with Gasteiger partial charge in [-0.25, -0.2) is 12.7 Å². The Balaban J connectivity index is 2.40. The second kappa shape index (κ2) is 6.57. The zero-order valence-corrected chi connectivity index (χ0v) is 11.2. The number of hydrogen-bond donors (Lipinski definition) is 1. The summed E-state index contributed by atoms with van der Waals surface area (Å²) in [6.45, 7) is 4.44. The van der Waals surface area contributed by atoms with Gasteiger partial charge in [0.2, 0.25) is 10.0 Å². The van der Waals surface area contributed by atoms with Crippen molar-refractivity contribution in [3.63, 3.8) is 0 Å². The van der Waals surface area contributed by atoms with Crippen LogP contribution in [0, 0.1) is 5.92 Å². The van der Waals surface area contributed by atoms with E-state index in [0.29, 0.717) is 24.8 Å². The van der Waals surface area contributed by atoms with Gasteiger partial charge in [0.25, 0.3) is 0 Å². The Morgan fingerprint density at radius 1 is 1.31 bits per heavy atom. The highest BCUT2D eigenvalue weighted by Gasteiger charge is 2.26. The van der Waals surface area contributed by atoms with Crippen LogP contribution in [-0.2, 0) is 10.0 Å². The molecule has 0 radical (unpaired) electrons. The van der Waals surface area contributed by atoms with E-state index in [2.05, 4.69) is 5.32 Å². The molecule has 96 valence electrons. The molecular weight excluding hydrogens is 224 g/mol. The highest BCUT2D eigenvalue weighted by molar-refractivity contribution is 7.89. The smallest absolute Gasteiger partial charge is 0.214 e. The Morgan fingerprint density at radius 3 is 2.44 bits per heavy atom. The van der Waals surface area contributed by atoms with Crippen molar-refractivity contribution in [2.75, 3.05) is 32.4 Å². The van der Waals surface area contributed by atoms with Crippen molar-refractivity contribution in [1.29, 1.82) is 0 Å². The van der Waals surface area contributed by atoms with Gasteiger partial charge in [-0.3, -0.25) is 0 Å². The lowest BCUT2D eigenvalue weighted by Gasteiger charge is -2.31. The number of hydrogen-bond acceptors (Lipinski definition) is 3. The molecule has 1 heterocycles. The predicted octanol–water partition coefficient (Wildman–Crippen LogP) is 1.05. The van der Waals surface area contributed by atoms with Gasteiger partial charge in [-0.05, 0) is 38.8 Å². The average molecular weight is 248 g/mol. The summed E-state index contributed by atoms with van der Waals surface area (Å²) in [6.07, 6.45) is 3.70. The summed E-state index contributed by atoms with van der Waals surface area (Å²) in [5.74, 6) is 0.961. The summed E-state index contributed by atoms with van der Waals surface area (Å²) in [7, 11) is -1.02. The van der Waals surface area contributed by atoms with Crippen molar-refractivity contribution < 1.29 is 8.42 Å². The third-order valence-electron chi connectivity index (χ3n) is 3.22. The van der Waals surface area contributed by atoms with Crippen molar-refractivity contribution in [2.45, 2.75) is 32.6 Å². The average Bonchev–Trinajstić information content (AvgIpc) is 2.28. The summed E-state index contributed by atoms with van der Waals surface area (Å²) in [5.41, 5.74) is 0. The largest absolute Gasteiger partial charge is 0.319 e. The minimum atomic E-state index is -2.97. The Bertz CT molecular complexity index is 282. The molecule has 1 aliphatic rings. The summed E-state index contributed by atoms with van der Waals surface area (Å²) in [5, 5.41) is 3.16. The van der Waals surface area contributed by atoms with Gasteiger partial charge in [-0.1, -0.05) is 13.3 Å². The Morgan fingerprint density at radius 2 is 1.94 bits per heavy atom. The van der Waals surface area contributed by atoms with Crippen LogP contribution < -0.4 is 5.32 Å². The van der Waals surface area contributed by atoms with E-state index in [1.54, 1.807) is 4.31 Å². The Kier molecular flexibility index (Phi) is 5.72. The number of nitrogens with zero attached hydrogens (tertiary/aromatic N) is 1. The van der Waals surface area contributed by atoms with E-state index in [9.17, 15) is 8.42 Å². The van der Waals surface area contributed by atoms with Gasteiger partial charge >= 0.3 is 0 Å². The normalized spacial score (nSPS) is 20.1. The molecule has 5 heteroatoms. The maximum atomic E-state index is 11.9. The van der Waals surface area contributed by atoms with Crippen LogP contribution in [0.15, 0.2) is 0 Å². The third-order valence-corrected chi connectivity index (χ3v) is 5.17. The lowest BCUT2D eigenvalue weighted by molar-refractivity contribution is 0.270. The first-order valence-electron chi connectivity index (χ1n) is 6.22. The Labute approximate surface area is 99.5 Å². The van der Waals surface area contributed by atoms with E-state index >= 15 is 0 Å². The SMILES string of the molecule is CCCCS(=O)(=O)N1CCC(CNC)CC1. The van der Waals surface area contributed by atoms with Gasteiger partial charge in [-0.15, -0.1) is 0 Å². The van der Waals surface area contributed by atoms with Gasteiger partial charge in [0.1, 0.15) is 0 Å². The maximum absolute atomic E-state index is 11.9. The summed E-state index contributed by atoms with van der Waals surface area (Å²) < 4.78 is 25.5. The first-order valence-corrected chi connectivity index (χ1v) is 7.83. The molecule has 0 aromatic rings. The molecule has 0 bridgehead atoms. The number of rotatable bonds is 6. The standard InChI is InChI=1S/C11H24N2O2S/c1-3-4-9-16(14,15)13-7-5-11(6-8-13)10-12-2/h11-12H,3-10H2,1-2H3. The molecule has 0 aromatic heterocycles. The zero-order chi connectivity index (χ0) is 12.0. The molecule has 1 N–H and O–H groups in total. The summed E-state index contributed by atoms with van der Waals surface area (Å²) in [4.78, 5) is 0. The van der Waals surface area contributed by atoms with Crippen molar-refractivity contribution >= 4 is 10.0 Å². The van der Waals surface area contributed by atoms with Crippen molar-refractivity contribution in [2.24, 2.45) is 5.92 Å². The van der Waals surface area contributed by atoms with Crippen LogP contribution in [0.3, 0.4) is 0 Å². The van der Waals surface area contributed by atoms with Crippen LogP contribution in [0.2, 0.25) is 0 Å². The van der Waals surface area contributed by atoms with Crippen LogP contribution in [0.25, 0.3) is 0 Å². The van der Waals surface area contributed by atoms with Crippen LogP contribution >= 0.6 is 0 Å². The van der Waals surface area contributed by atoms with Crippen LogP contribution in [0.1, 0.15) is 32.6 Å². The van der Waals surface area contributed by atoms with Crippen LogP contribution in [0.4, 0.5) is 0 Å². The fourth-order valence-corrected chi connectivity index (χ4v) is 3.81. The van der Waals surface area contributed by atoms with Crippen molar-refractivity contribution in [3.05, 3.63) is 0 Å². The summed E-state index contributed by atoms with van der Waals surface area (Å²) in [6, 6.07) is 0. The molecular formula is C11H24N2O2S. The molecule has 0 aromatic carbocycles. The van der Waals surface area contributed by atoms with Gasteiger partial charge in [0, 0.05) is 13.1 Å². The fourth-order valence-electron chi connectivity index (χ4n) is 2.14. The Hall–Kier alpha value is -0.130. The maximum Gasteiger partial charge on any atom is 0.214 e. The number of unbranched alkanes of at least 4 members (excludes halogenated alkanes) is 1. The molecule has 1 aliphatic heterocycles. The van der Waals surface area contributed by atoms with Gasteiger partial charge in [0.05, 0.1) is 5.75 Å². The number of nitrogens with one attached hydrogen (secondary N) is 1. The van der Waals surface area contributed by atoms with Crippen molar-refractivity contribution in [3.8, 4) is 0 Å². The first kappa shape index (κ1) is 13.9. The highest BCUT2D eigenvalue weighted by Crippen LogP contribution is 2.19. The minimum Gasteiger partial charge on any atom is -0.319 e. The zero-order valence-electron chi connectivity index (χ0n) is 10.4. The molecule has 0 saturated carbocycles. The topological polar surface area (TPSA) is 49.4 Å². The molecule has 0 atom stereocenters. The number of sulfonamides is 1. The third kappa shape index (κ3) is 4.03. The van der Waals surface area contributed by atoms with E-state index < -0.39 is 10.0 Å². The second-order valence-electron chi connectivity index (χ2n) is 4.57. The lowest BCUT2D eigenvalue weighted by Crippen LogP contribution is -2.41. The quantitative estimate of drug-likeness (QED) is 0.764. The molecule has 1 rings (SSSR count). The molecule has 0 amide bonds. The van der Waals surface area contributed by atoms with E-state index in [1.807, 2.05) is 14.0 Å². The molecule has 16 heavy (non-hydrogen) atoms. The summed E-state index contributed by atoms with van der Waals surface area (Å²) >= 11 is 0. The monoisotopic (exact) mass is 248 g/mol. The van der Waals surface area contributed by atoms with E-state index in [-0.39, 0.29) is 0 Å². The molecule has 1 saturated heterocycles. The highest BCUT2D eigenvalue weighted by atomic mass is 32.2. The fraction of sp³-hybridized carbons (Fsp3) is 1.00. The van der Waals surface area contributed by atoms with Crippen LogP contribution in [-0.4, -0.2) is 45.2 Å². The predicted molar refractivity (Wildman–Crippen MR) is 66.9 cm³/mol. The second-order valence-corrected chi connectivity index (χ2v) is 6.66. The van der Waals surface area contributed by atoms with Gasteiger partial charge < -0.3 is 5.32 Å². The first-order chi connectivity index (χ1) is 7.60. The van der Waals surface area contributed by atoms with E-state index in [4.69, 9.17) is 0 Å². The molecule has 0 aliphatic carbocycles. The van der Waals surface area contributed by atoms with Crippen molar-refractivity contribution in [1.82, 2.24) is 9.62 Å². The molecule has 0 spiro atoms. The number of piperidine rings is 1. The van der Waals surface area contributed by atoms with E-state index in [0.717, 1.165) is 32.2 Å². The van der Waals surface area contributed by atoms with Crippen LogP contribution in [0.5, 0.6) is 0 Å². The lowest BCUT2D eigenvalue weighted by atomic mass is 9.98. The minimum absolute atomic E-state index is 0.320. The molecule has 1 fully saturated rings. The van der Waals surface area contributed by atoms with Gasteiger partial charge in [0.15, 0.2) is 0 Å².